The summed E-state index contributed by atoms with van der Waals surface area (Å²) in [4.78, 5) is 10.7. The highest BCUT2D eigenvalue weighted by Crippen LogP contribution is 2.29. The molecule has 21 heavy (non-hydrogen) atoms. The molecule has 0 bridgehead atoms. The number of benzene rings is 1. The van der Waals surface area contributed by atoms with Crippen molar-refractivity contribution >= 4 is 53.4 Å². The molecule has 1 aromatic carbocycles. The van der Waals surface area contributed by atoms with E-state index in [4.69, 9.17) is 16.7 Å². The Morgan fingerprint density at radius 2 is 1.90 bits per heavy atom. The van der Waals surface area contributed by atoms with E-state index in [1.54, 1.807) is 0 Å². The number of hydrogen-bond acceptors (Lipinski definition) is 5. The van der Waals surface area contributed by atoms with Crippen molar-refractivity contribution in [3.8, 4) is 0 Å². The molecule has 0 amide bonds. The topological polar surface area (TPSA) is 118 Å². The molecule has 0 fully saturated rings. The highest BCUT2D eigenvalue weighted by atomic mass is 79.9. The van der Waals surface area contributed by atoms with Gasteiger partial charge < -0.3 is 5.11 Å². The third-order valence-electron chi connectivity index (χ3n) is 2.31. The number of carbonyl (C=O) groups is 1. The SMILES string of the molecule is CS(=O)(=O)CCNS(=O)(=O)c1cc(Br)c(Cl)c(C(=O)O)c1. The van der Waals surface area contributed by atoms with Gasteiger partial charge in [0.05, 0.1) is 21.2 Å². The summed E-state index contributed by atoms with van der Waals surface area (Å²) in [6.45, 7) is -0.316. The minimum absolute atomic E-state index is 0.104. The molecule has 1 rings (SSSR count). The van der Waals surface area contributed by atoms with E-state index in [2.05, 4.69) is 20.7 Å². The maximum atomic E-state index is 12.0. The lowest BCUT2D eigenvalue weighted by atomic mass is 10.2. The molecular formula is C10H11BrClNO6S2. The number of nitrogens with one attached hydrogen (secondary N) is 1. The van der Waals surface area contributed by atoms with Crippen molar-refractivity contribution in [3.63, 3.8) is 0 Å². The van der Waals surface area contributed by atoms with Crippen molar-refractivity contribution < 1.29 is 26.7 Å². The minimum Gasteiger partial charge on any atom is -0.478 e. The van der Waals surface area contributed by atoms with Crippen LogP contribution in [0.1, 0.15) is 10.4 Å². The molecule has 0 heterocycles. The van der Waals surface area contributed by atoms with Crippen LogP contribution >= 0.6 is 27.5 Å². The molecule has 0 radical (unpaired) electrons. The van der Waals surface area contributed by atoms with Crippen LogP contribution in [0, 0.1) is 0 Å². The summed E-state index contributed by atoms with van der Waals surface area (Å²) in [5, 5.41) is 8.84. The Labute approximate surface area is 135 Å². The molecule has 0 saturated heterocycles. The molecule has 0 aliphatic rings. The van der Waals surface area contributed by atoms with Gasteiger partial charge >= 0.3 is 5.97 Å². The molecule has 0 atom stereocenters. The van der Waals surface area contributed by atoms with E-state index >= 15 is 0 Å². The summed E-state index contributed by atoms with van der Waals surface area (Å²) in [5.74, 6) is -1.75. The molecule has 0 aliphatic carbocycles. The summed E-state index contributed by atoms with van der Waals surface area (Å²) < 4.78 is 48.1. The van der Waals surface area contributed by atoms with Crippen LogP contribution in [0.25, 0.3) is 0 Å². The molecule has 118 valence electrons. The summed E-state index contributed by atoms with van der Waals surface area (Å²) in [6, 6.07) is 2.04. The van der Waals surface area contributed by atoms with Gasteiger partial charge in [-0.05, 0) is 28.1 Å². The summed E-state index contributed by atoms with van der Waals surface area (Å²) in [5.41, 5.74) is -0.380. The maximum absolute atomic E-state index is 12.0. The van der Waals surface area contributed by atoms with Crippen LogP contribution in [0.3, 0.4) is 0 Å². The molecule has 11 heteroatoms. The highest BCUT2D eigenvalue weighted by Gasteiger charge is 2.21. The fourth-order valence-corrected chi connectivity index (χ4v) is 3.81. The first-order valence-corrected chi connectivity index (χ1v) is 10.1. The number of sulfonamides is 1. The van der Waals surface area contributed by atoms with Gasteiger partial charge in [0.25, 0.3) is 0 Å². The van der Waals surface area contributed by atoms with Gasteiger partial charge in [-0.3, -0.25) is 0 Å². The van der Waals surface area contributed by atoms with E-state index in [0.717, 1.165) is 18.4 Å². The van der Waals surface area contributed by atoms with Crippen molar-refractivity contribution in [2.75, 3.05) is 18.6 Å². The fraction of sp³-hybridized carbons (Fsp3) is 0.300. The molecular weight excluding hydrogens is 410 g/mol. The summed E-state index contributed by atoms with van der Waals surface area (Å²) >= 11 is 8.73. The Morgan fingerprint density at radius 3 is 2.38 bits per heavy atom. The molecule has 0 aliphatic heterocycles. The fourth-order valence-electron chi connectivity index (χ4n) is 1.32. The monoisotopic (exact) mass is 419 g/mol. The molecule has 0 saturated carbocycles. The Balaban J connectivity index is 3.12. The van der Waals surface area contributed by atoms with Gasteiger partial charge in [0.2, 0.25) is 10.0 Å². The summed E-state index contributed by atoms with van der Waals surface area (Å²) in [7, 11) is -7.36. The normalized spacial score (nSPS) is 12.3. The van der Waals surface area contributed by atoms with Crippen molar-refractivity contribution in [2.45, 2.75) is 4.90 Å². The largest absolute Gasteiger partial charge is 0.478 e. The highest BCUT2D eigenvalue weighted by molar-refractivity contribution is 9.10. The van der Waals surface area contributed by atoms with Crippen molar-refractivity contribution in [1.82, 2.24) is 4.72 Å². The van der Waals surface area contributed by atoms with Gasteiger partial charge in [0.15, 0.2) is 0 Å². The van der Waals surface area contributed by atoms with Crippen molar-refractivity contribution in [1.29, 1.82) is 0 Å². The van der Waals surface area contributed by atoms with E-state index in [0.29, 0.717) is 0 Å². The van der Waals surface area contributed by atoms with Crippen LogP contribution in [-0.4, -0.2) is 46.5 Å². The van der Waals surface area contributed by atoms with E-state index in [-0.39, 0.29) is 32.3 Å². The van der Waals surface area contributed by atoms with Gasteiger partial charge in [0.1, 0.15) is 9.84 Å². The predicted octanol–water partition coefficient (Wildman–Crippen LogP) is 1.12. The van der Waals surface area contributed by atoms with Gasteiger partial charge in [-0.25, -0.2) is 26.4 Å². The quantitative estimate of drug-likeness (QED) is 0.712. The number of carboxylic acids is 1. The number of rotatable bonds is 6. The van der Waals surface area contributed by atoms with Crippen LogP contribution in [-0.2, 0) is 19.9 Å². The van der Waals surface area contributed by atoms with E-state index in [1.165, 1.54) is 0 Å². The first-order chi connectivity index (χ1) is 9.44. The van der Waals surface area contributed by atoms with Gasteiger partial charge in [0, 0.05) is 17.3 Å². The third kappa shape index (κ3) is 5.22. The first kappa shape index (κ1) is 18.4. The Hall–Kier alpha value is -0.680. The lowest BCUT2D eigenvalue weighted by Crippen LogP contribution is -2.29. The number of carboxylic acid groups (broad SMARTS) is 1. The lowest BCUT2D eigenvalue weighted by Gasteiger charge is -2.09. The van der Waals surface area contributed by atoms with Gasteiger partial charge in [-0.2, -0.15) is 0 Å². The van der Waals surface area contributed by atoms with E-state index in [9.17, 15) is 21.6 Å². The number of sulfone groups is 1. The van der Waals surface area contributed by atoms with Crippen LogP contribution in [0.4, 0.5) is 0 Å². The summed E-state index contributed by atoms with van der Waals surface area (Å²) in [6.07, 6.45) is 0.975. The van der Waals surface area contributed by atoms with Crippen LogP contribution in [0.2, 0.25) is 5.02 Å². The molecule has 0 aromatic heterocycles. The zero-order chi connectivity index (χ0) is 16.4. The second-order valence-corrected chi connectivity index (χ2v) is 9.36. The van der Waals surface area contributed by atoms with Gasteiger partial charge in [-0.15, -0.1) is 0 Å². The number of halogens is 2. The van der Waals surface area contributed by atoms with Crippen molar-refractivity contribution in [3.05, 3.63) is 27.2 Å². The molecule has 0 spiro atoms. The average molecular weight is 421 g/mol. The standard InChI is InChI=1S/C10H11BrClNO6S2/c1-20(16,17)3-2-13-21(18,19)6-4-7(10(14)15)9(12)8(11)5-6/h4-5,13H,2-3H2,1H3,(H,14,15). The Kier molecular flexibility index (Phi) is 5.78. The Bertz CT molecular complexity index is 775. The molecule has 0 unspecified atom stereocenters. The van der Waals surface area contributed by atoms with Crippen molar-refractivity contribution in [2.24, 2.45) is 0 Å². The van der Waals surface area contributed by atoms with Gasteiger partial charge in [-0.1, -0.05) is 11.6 Å². The van der Waals surface area contributed by atoms with Crippen LogP contribution < -0.4 is 4.72 Å². The van der Waals surface area contributed by atoms with Crippen LogP contribution in [0.15, 0.2) is 21.5 Å². The predicted molar refractivity (Wildman–Crippen MR) is 81.0 cm³/mol. The first-order valence-electron chi connectivity index (χ1n) is 5.34. The van der Waals surface area contributed by atoms with Crippen LogP contribution in [0.5, 0.6) is 0 Å². The smallest absolute Gasteiger partial charge is 0.337 e. The minimum atomic E-state index is -4.04. The second-order valence-electron chi connectivity index (χ2n) is 4.10. The second kappa shape index (κ2) is 6.61. The van der Waals surface area contributed by atoms with E-state index in [1.807, 2.05) is 0 Å². The number of aromatic carboxylic acids is 1. The Morgan fingerprint density at radius 1 is 1.33 bits per heavy atom. The average Bonchev–Trinajstić information content (AvgIpc) is 2.29. The molecule has 1 aromatic rings. The maximum Gasteiger partial charge on any atom is 0.337 e. The van der Waals surface area contributed by atoms with E-state index < -0.39 is 25.8 Å². The third-order valence-corrected chi connectivity index (χ3v) is 5.95. The zero-order valence-electron chi connectivity index (χ0n) is 10.6. The lowest BCUT2D eigenvalue weighted by molar-refractivity contribution is 0.0696. The molecule has 2 N–H and O–H groups in total. The number of hydrogen-bond donors (Lipinski definition) is 2. The zero-order valence-corrected chi connectivity index (χ0v) is 14.6. The molecule has 7 nitrogen and oxygen atoms in total.